The molecule has 0 aromatic heterocycles. The average molecular weight is 288 g/mol. The van der Waals surface area contributed by atoms with E-state index in [1.807, 2.05) is 0 Å². The van der Waals surface area contributed by atoms with E-state index in [2.05, 4.69) is 5.32 Å². The summed E-state index contributed by atoms with van der Waals surface area (Å²) < 4.78 is 39.0. The lowest BCUT2D eigenvalue weighted by Crippen LogP contribution is -2.01. The third kappa shape index (κ3) is 3.12. The lowest BCUT2D eigenvalue weighted by Gasteiger charge is -2.09. The van der Waals surface area contributed by atoms with E-state index in [4.69, 9.17) is 16.7 Å². The van der Waals surface area contributed by atoms with Crippen LogP contribution in [0.2, 0.25) is 5.02 Å². The Morgan fingerprint density at radius 1 is 1.05 bits per heavy atom. The van der Waals surface area contributed by atoms with Gasteiger partial charge in [0.2, 0.25) is 0 Å². The fourth-order valence-corrected chi connectivity index (χ4v) is 1.78. The van der Waals surface area contributed by atoms with Gasteiger partial charge in [-0.3, -0.25) is 0 Å². The standard InChI is InChI=1S/C13H9ClF3NO/c14-9-5-8(15)1-2-12(9)18-6-7-3-10(16)13(19)11(17)4-7/h1-5,18-19H,6H2. The van der Waals surface area contributed by atoms with Crippen molar-refractivity contribution in [1.29, 1.82) is 0 Å². The van der Waals surface area contributed by atoms with Crippen molar-refractivity contribution in [3.63, 3.8) is 0 Å². The zero-order valence-electron chi connectivity index (χ0n) is 9.55. The molecule has 2 nitrogen and oxygen atoms in total. The molecule has 0 radical (unpaired) electrons. The number of hydrogen-bond acceptors (Lipinski definition) is 2. The van der Waals surface area contributed by atoms with Gasteiger partial charge < -0.3 is 10.4 Å². The Morgan fingerprint density at radius 3 is 2.26 bits per heavy atom. The molecule has 0 aliphatic heterocycles. The van der Waals surface area contributed by atoms with Crippen LogP contribution in [0.15, 0.2) is 30.3 Å². The summed E-state index contributed by atoms with van der Waals surface area (Å²) in [6, 6.07) is 5.77. The minimum absolute atomic E-state index is 0.0828. The summed E-state index contributed by atoms with van der Waals surface area (Å²) in [5, 5.41) is 11.9. The van der Waals surface area contributed by atoms with Gasteiger partial charge in [0.05, 0.1) is 10.7 Å². The highest BCUT2D eigenvalue weighted by Crippen LogP contribution is 2.25. The van der Waals surface area contributed by atoms with E-state index in [0.29, 0.717) is 5.69 Å². The Bertz CT molecular complexity index is 596. The first-order chi connectivity index (χ1) is 8.97. The van der Waals surface area contributed by atoms with E-state index in [0.717, 1.165) is 18.2 Å². The molecule has 0 heterocycles. The number of anilines is 1. The molecule has 0 bridgehead atoms. The van der Waals surface area contributed by atoms with Gasteiger partial charge in [0, 0.05) is 6.54 Å². The average Bonchev–Trinajstić information content (AvgIpc) is 2.34. The van der Waals surface area contributed by atoms with Crippen molar-refractivity contribution in [3.8, 4) is 5.75 Å². The fraction of sp³-hybridized carbons (Fsp3) is 0.0769. The van der Waals surface area contributed by atoms with Crippen LogP contribution in [0.1, 0.15) is 5.56 Å². The second-order valence-electron chi connectivity index (χ2n) is 3.89. The molecule has 0 spiro atoms. The lowest BCUT2D eigenvalue weighted by molar-refractivity contribution is 0.395. The molecule has 0 saturated heterocycles. The maximum atomic E-state index is 13.1. The second-order valence-corrected chi connectivity index (χ2v) is 4.29. The van der Waals surface area contributed by atoms with Gasteiger partial charge in [0.1, 0.15) is 5.82 Å². The van der Waals surface area contributed by atoms with E-state index >= 15 is 0 Å². The third-order valence-electron chi connectivity index (χ3n) is 2.49. The van der Waals surface area contributed by atoms with Gasteiger partial charge in [-0.1, -0.05) is 11.6 Å². The molecule has 0 unspecified atom stereocenters. The largest absolute Gasteiger partial charge is 0.503 e. The van der Waals surface area contributed by atoms with Crippen molar-refractivity contribution in [2.24, 2.45) is 0 Å². The highest BCUT2D eigenvalue weighted by Gasteiger charge is 2.10. The molecule has 0 atom stereocenters. The maximum absolute atomic E-state index is 13.1. The predicted molar refractivity (Wildman–Crippen MR) is 66.8 cm³/mol. The Labute approximate surface area is 112 Å². The van der Waals surface area contributed by atoms with Crippen LogP contribution in [0, 0.1) is 17.5 Å². The van der Waals surface area contributed by atoms with Crippen LogP contribution in [0.4, 0.5) is 18.9 Å². The van der Waals surface area contributed by atoms with Crippen LogP contribution in [0.5, 0.6) is 5.75 Å². The quantitative estimate of drug-likeness (QED) is 0.892. The summed E-state index contributed by atoms with van der Waals surface area (Å²) in [5.41, 5.74) is 0.727. The molecule has 0 aliphatic rings. The Balaban J connectivity index is 2.14. The Kier molecular flexibility index (Phi) is 3.85. The van der Waals surface area contributed by atoms with E-state index < -0.39 is 23.2 Å². The van der Waals surface area contributed by atoms with Gasteiger partial charge in [-0.25, -0.2) is 13.2 Å². The minimum atomic E-state index is -1.04. The van der Waals surface area contributed by atoms with Crippen LogP contribution in [0.3, 0.4) is 0 Å². The summed E-state index contributed by atoms with van der Waals surface area (Å²) in [4.78, 5) is 0. The van der Waals surface area contributed by atoms with Crippen LogP contribution in [-0.4, -0.2) is 5.11 Å². The molecule has 0 amide bonds. The first-order valence-corrected chi connectivity index (χ1v) is 5.71. The Morgan fingerprint density at radius 2 is 1.68 bits per heavy atom. The van der Waals surface area contributed by atoms with Crippen molar-refractivity contribution < 1.29 is 18.3 Å². The molecule has 0 aliphatic carbocycles. The lowest BCUT2D eigenvalue weighted by atomic mass is 10.2. The number of phenolic OH excluding ortho intramolecular Hbond substituents is 1. The minimum Gasteiger partial charge on any atom is -0.503 e. The molecule has 0 saturated carbocycles. The third-order valence-corrected chi connectivity index (χ3v) is 2.80. The zero-order chi connectivity index (χ0) is 14.0. The van der Waals surface area contributed by atoms with E-state index in [9.17, 15) is 13.2 Å². The highest BCUT2D eigenvalue weighted by atomic mass is 35.5. The number of halogens is 4. The number of aromatic hydroxyl groups is 1. The number of nitrogens with one attached hydrogen (secondary N) is 1. The molecule has 0 fully saturated rings. The van der Waals surface area contributed by atoms with Gasteiger partial charge in [-0.15, -0.1) is 0 Å². The van der Waals surface area contributed by atoms with Crippen molar-refractivity contribution in [3.05, 3.63) is 58.4 Å². The normalized spacial score (nSPS) is 10.5. The monoisotopic (exact) mass is 287 g/mol. The summed E-state index contributed by atoms with van der Waals surface area (Å²) in [6.45, 7) is 0.0828. The van der Waals surface area contributed by atoms with Gasteiger partial charge in [-0.2, -0.15) is 0 Å². The first-order valence-electron chi connectivity index (χ1n) is 5.33. The highest BCUT2D eigenvalue weighted by molar-refractivity contribution is 6.33. The molecular formula is C13H9ClF3NO. The van der Waals surface area contributed by atoms with Crippen molar-refractivity contribution >= 4 is 17.3 Å². The number of rotatable bonds is 3. The molecule has 2 aromatic carbocycles. The molecular weight excluding hydrogens is 279 g/mol. The van der Waals surface area contributed by atoms with Gasteiger partial charge in [0.15, 0.2) is 17.4 Å². The van der Waals surface area contributed by atoms with Gasteiger partial charge in [-0.05, 0) is 35.9 Å². The van der Waals surface area contributed by atoms with Gasteiger partial charge in [0.25, 0.3) is 0 Å². The number of hydrogen-bond donors (Lipinski definition) is 2. The van der Waals surface area contributed by atoms with Crippen molar-refractivity contribution in [1.82, 2.24) is 0 Å². The SMILES string of the molecule is Oc1c(F)cc(CNc2ccc(F)cc2Cl)cc1F. The smallest absolute Gasteiger partial charge is 0.187 e. The van der Waals surface area contributed by atoms with Crippen molar-refractivity contribution in [2.75, 3.05) is 5.32 Å². The van der Waals surface area contributed by atoms with Crippen LogP contribution in [0.25, 0.3) is 0 Å². The summed E-state index contributed by atoms with van der Waals surface area (Å²) >= 11 is 5.79. The van der Waals surface area contributed by atoms with E-state index in [1.165, 1.54) is 12.1 Å². The Hall–Kier alpha value is -1.88. The molecule has 6 heteroatoms. The summed E-state index contributed by atoms with van der Waals surface area (Å²) in [7, 11) is 0. The van der Waals surface area contributed by atoms with Crippen LogP contribution >= 0.6 is 11.6 Å². The molecule has 2 N–H and O–H groups in total. The fourth-order valence-electron chi connectivity index (χ4n) is 1.55. The maximum Gasteiger partial charge on any atom is 0.187 e. The molecule has 19 heavy (non-hydrogen) atoms. The molecule has 2 aromatic rings. The topological polar surface area (TPSA) is 32.3 Å². The van der Waals surface area contributed by atoms with E-state index in [1.54, 1.807) is 0 Å². The second kappa shape index (κ2) is 5.40. The summed E-state index contributed by atoms with van der Waals surface area (Å²) in [5.74, 6) is -3.56. The molecule has 2 rings (SSSR count). The zero-order valence-corrected chi connectivity index (χ0v) is 10.3. The number of phenols is 1. The van der Waals surface area contributed by atoms with E-state index in [-0.39, 0.29) is 17.1 Å². The summed E-state index contributed by atoms with van der Waals surface area (Å²) in [6.07, 6.45) is 0. The van der Waals surface area contributed by atoms with Crippen LogP contribution in [-0.2, 0) is 6.54 Å². The molecule has 100 valence electrons. The number of benzene rings is 2. The first kappa shape index (κ1) is 13.5. The van der Waals surface area contributed by atoms with Gasteiger partial charge >= 0.3 is 0 Å². The predicted octanol–water partition coefficient (Wildman–Crippen LogP) is 4.08. The van der Waals surface area contributed by atoms with Crippen LogP contribution < -0.4 is 5.32 Å². The van der Waals surface area contributed by atoms with Crippen molar-refractivity contribution in [2.45, 2.75) is 6.54 Å².